The van der Waals surface area contributed by atoms with Gasteiger partial charge in [0, 0.05) is 5.56 Å². The van der Waals surface area contributed by atoms with Crippen LogP contribution in [0.1, 0.15) is 10.4 Å². The van der Waals surface area contributed by atoms with Gasteiger partial charge in [0.15, 0.2) is 5.75 Å². The molecule has 0 aliphatic heterocycles. The van der Waals surface area contributed by atoms with Crippen molar-refractivity contribution >= 4 is 5.91 Å². The Bertz CT molecular complexity index is 575. The number of aromatic nitrogens is 1. The zero-order valence-electron chi connectivity index (χ0n) is 11.0. The van der Waals surface area contributed by atoms with Crippen LogP contribution in [0.3, 0.4) is 0 Å². The quantitative estimate of drug-likeness (QED) is 0.846. The Morgan fingerprint density at radius 1 is 1.00 bits per heavy atom. The molecule has 5 heteroatoms. The number of hydrogen-bond donors (Lipinski definition) is 0. The molecule has 1 aromatic carbocycles. The van der Waals surface area contributed by atoms with Gasteiger partial charge in [-0.15, -0.1) is 0 Å². The molecular formula is C14H15NO4. The first-order chi connectivity index (χ1) is 9.22. The van der Waals surface area contributed by atoms with Gasteiger partial charge in [0.2, 0.25) is 11.6 Å². The van der Waals surface area contributed by atoms with Gasteiger partial charge in [0.25, 0.3) is 5.91 Å². The fraction of sp³-hybridized carbons (Fsp3) is 0.214. The number of methoxy groups -OCH3 is 3. The van der Waals surface area contributed by atoms with Crippen molar-refractivity contribution in [2.75, 3.05) is 21.3 Å². The van der Waals surface area contributed by atoms with Gasteiger partial charge in [-0.1, -0.05) is 18.2 Å². The van der Waals surface area contributed by atoms with Crippen molar-refractivity contribution in [3.8, 4) is 17.4 Å². The maximum absolute atomic E-state index is 12.4. The van der Waals surface area contributed by atoms with E-state index in [0.29, 0.717) is 22.9 Å². The predicted molar refractivity (Wildman–Crippen MR) is 70.3 cm³/mol. The first-order valence-electron chi connectivity index (χ1n) is 5.70. The molecule has 0 amide bonds. The van der Waals surface area contributed by atoms with E-state index in [9.17, 15) is 4.79 Å². The van der Waals surface area contributed by atoms with E-state index in [1.165, 1.54) is 25.9 Å². The molecule has 1 heterocycles. The fourth-order valence-corrected chi connectivity index (χ4v) is 1.84. The van der Waals surface area contributed by atoms with Crippen molar-refractivity contribution in [2.45, 2.75) is 0 Å². The van der Waals surface area contributed by atoms with E-state index in [4.69, 9.17) is 14.2 Å². The molecule has 0 saturated carbocycles. The van der Waals surface area contributed by atoms with E-state index in [1.54, 1.807) is 30.5 Å². The first kappa shape index (κ1) is 13.0. The number of benzene rings is 1. The summed E-state index contributed by atoms with van der Waals surface area (Å²) in [6.45, 7) is 0. The minimum absolute atomic E-state index is 0.209. The Labute approximate surface area is 111 Å². The molecule has 0 aliphatic carbocycles. The molecule has 2 rings (SSSR count). The Morgan fingerprint density at radius 2 is 1.68 bits per heavy atom. The summed E-state index contributed by atoms with van der Waals surface area (Å²) in [7, 11) is 4.48. The van der Waals surface area contributed by atoms with Gasteiger partial charge in [0.05, 0.1) is 27.5 Å². The normalized spacial score (nSPS) is 10.1. The molecule has 0 bridgehead atoms. The standard InChI is InChI=1S/C14H15NO4/c1-17-11-9-15(14(19-3)12(11)18-2)13(16)10-7-5-4-6-8-10/h4-9H,1-3H3. The Kier molecular flexibility index (Phi) is 3.75. The van der Waals surface area contributed by atoms with Crippen LogP contribution in [-0.4, -0.2) is 31.8 Å². The highest BCUT2D eigenvalue weighted by Crippen LogP contribution is 2.39. The number of nitrogens with zero attached hydrogens (tertiary/aromatic N) is 1. The van der Waals surface area contributed by atoms with E-state index in [-0.39, 0.29) is 5.91 Å². The molecular weight excluding hydrogens is 246 g/mol. The summed E-state index contributed by atoms with van der Waals surface area (Å²) in [5.74, 6) is 0.949. The summed E-state index contributed by atoms with van der Waals surface area (Å²) in [4.78, 5) is 12.4. The second-order valence-electron chi connectivity index (χ2n) is 3.78. The summed E-state index contributed by atoms with van der Waals surface area (Å²) in [6.07, 6.45) is 1.55. The molecule has 0 unspecified atom stereocenters. The van der Waals surface area contributed by atoms with Gasteiger partial charge in [-0.3, -0.25) is 4.79 Å². The smallest absolute Gasteiger partial charge is 0.264 e. The number of hydrogen-bond acceptors (Lipinski definition) is 4. The SMILES string of the molecule is COc1cn(C(=O)c2ccccc2)c(OC)c1OC. The van der Waals surface area contributed by atoms with Gasteiger partial charge in [-0.05, 0) is 12.1 Å². The second-order valence-corrected chi connectivity index (χ2v) is 3.78. The van der Waals surface area contributed by atoms with Crippen molar-refractivity contribution in [1.29, 1.82) is 0 Å². The maximum Gasteiger partial charge on any atom is 0.264 e. The zero-order chi connectivity index (χ0) is 13.8. The van der Waals surface area contributed by atoms with Gasteiger partial charge in [-0.2, -0.15) is 0 Å². The van der Waals surface area contributed by atoms with Crippen LogP contribution < -0.4 is 14.2 Å². The third kappa shape index (κ3) is 2.27. The van der Waals surface area contributed by atoms with Crippen LogP contribution in [0.2, 0.25) is 0 Å². The van der Waals surface area contributed by atoms with Crippen LogP contribution in [0.5, 0.6) is 17.4 Å². The highest BCUT2D eigenvalue weighted by molar-refractivity contribution is 5.97. The van der Waals surface area contributed by atoms with Crippen molar-refractivity contribution in [1.82, 2.24) is 4.57 Å². The van der Waals surface area contributed by atoms with Crippen molar-refractivity contribution in [3.05, 3.63) is 42.1 Å². The summed E-state index contributed by atoms with van der Waals surface area (Å²) in [6, 6.07) is 8.93. The number of carbonyl (C=O) groups is 1. The lowest BCUT2D eigenvalue weighted by atomic mass is 10.2. The van der Waals surface area contributed by atoms with E-state index in [1.807, 2.05) is 6.07 Å². The molecule has 100 valence electrons. The van der Waals surface area contributed by atoms with Gasteiger partial charge >= 0.3 is 0 Å². The molecule has 0 aliphatic rings. The average molecular weight is 261 g/mol. The van der Waals surface area contributed by atoms with Gasteiger partial charge in [0.1, 0.15) is 0 Å². The lowest BCUT2D eigenvalue weighted by Crippen LogP contribution is -2.12. The fourth-order valence-electron chi connectivity index (χ4n) is 1.84. The largest absolute Gasteiger partial charge is 0.491 e. The predicted octanol–water partition coefficient (Wildman–Crippen LogP) is 2.20. The van der Waals surface area contributed by atoms with Crippen LogP contribution in [0.4, 0.5) is 0 Å². The van der Waals surface area contributed by atoms with Crippen LogP contribution in [0, 0.1) is 0 Å². The van der Waals surface area contributed by atoms with Crippen LogP contribution in [-0.2, 0) is 0 Å². The summed E-state index contributed by atoms with van der Waals surface area (Å²) < 4.78 is 17.0. The van der Waals surface area contributed by atoms with Gasteiger partial charge < -0.3 is 14.2 Å². The van der Waals surface area contributed by atoms with E-state index in [0.717, 1.165) is 0 Å². The van der Waals surface area contributed by atoms with Crippen molar-refractivity contribution in [2.24, 2.45) is 0 Å². The first-order valence-corrected chi connectivity index (χ1v) is 5.70. The maximum atomic E-state index is 12.4. The molecule has 0 saturated heterocycles. The average Bonchev–Trinajstić information content (AvgIpc) is 2.84. The highest BCUT2D eigenvalue weighted by atomic mass is 16.5. The van der Waals surface area contributed by atoms with Crippen LogP contribution in [0.25, 0.3) is 0 Å². The molecule has 0 atom stereocenters. The molecule has 0 radical (unpaired) electrons. The minimum atomic E-state index is -0.209. The molecule has 1 aromatic heterocycles. The summed E-state index contributed by atoms with van der Waals surface area (Å²) >= 11 is 0. The van der Waals surface area contributed by atoms with Crippen molar-refractivity contribution in [3.63, 3.8) is 0 Å². The summed E-state index contributed by atoms with van der Waals surface area (Å²) in [5.41, 5.74) is 0.557. The minimum Gasteiger partial charge on any atom is -0.491 e. The molecule has 5 nitrogen and oxygen atoms in total. The zero-order valence-corrected chi connectivity index (χ0v) is 11.0. The van der Waals surface area contributed by atoms with Gasteiger partial charge in [-0.25, -0.2) is 4.57 Å². The Morgan fingerprint density at radius 3 is 2.21 bits per heavy atom. The molecule has 0 spiro atoms. The second kappa shape index (κ2) is 5.48. The number of ether oxygens (including phenoxy) is 3. The monoisotopic (exact) mass is 261 g/mol. The van der Waals surface area contributed by atoms with Crippen LogP contribution >= 0.6 is 0 Å². The molecule has 0 fully saturated rings. The molecule has 2 aromatic rings. The van der Waals surface area contributed by atoms with E-state index < -0.39 is 0 Å². The topological polar surface area (TPSA) is 49.7 Å². The third-order valence-corrected chi connectivity index (χ3v) is 2.74. The van der Waals surface area contributed by atoms with Crippen molar-refractivity contribution < 1.29 is 19.0 Å². The third-order valence-electron chi connectivity index (χ3n) is 2.74. The lowest BCUT2D eigenvalue weighted by Gasteiger charge is -2.07. The number of carbonyl (C=O) groups excluding carboxylic acids is 1. The Hall–Kier alpha value is -2.43. The Balaban J connectivity index is 2.50. The van der Waals surface area contributed by atoms with E-state index in [2.05, 4.69) is 0 Å². The highest BCUT2D eigenvalue weighted by Gasteiger charge is 2.22. The molecule has 19 heavy (non-hydrogen) atoms. The van der Waals surface area contributed by atoms with Crippen LogP contribution in [0.15, 0.2) is 36.5 Å². The number of rotatable bonds is 4. The lowest BCUT2D eigenvalue weighted by molar-refractivity contribution is 0.0949. The summed E-state index contributed by atoms with van der Waals surface area (Å²) in [5, 5.41) is 0. The molecule has 0 N–H and O–H groups in total. The van der Waals surface area contributed by atoms with E-state index >= 15 is 0 Å².